The van der Waals surface area contributed by atoms with Gasteiger partial charge in [-0.25, -0.2) is 15.0 Å². The summed E-state index contributed by atoms with van der Waals surface area (Å²) in [5.74, 6) is 2.20. The van der Waals surface area contributed by atoms with Gasteiger partial charge in [0, 0.05) is 43.7 Å². The van der Waals surface area contributed by atoms with E-state index in [-0.39, 0.29) is 5.91 Å². The van der Waals surface area contributed by atoms with Gasteiger partial charge in [-0.3, -0.25) is 9.78 Å². The van der Waals surface area contributed by atoms with Crippen molar-refractivity contribution >= 4 is 17.5 Å². The molecule has 3 rings (SSSR count). The predicted octanol–water partition coefficient (Wildman–Crippen LogP) is 2.20. The molecule has 1 amide bonds. The van der Waals surface area contributed by atoms with Gasteiger partial charge in [-0.15, -0.1) is 0 Å². The molecule has 1 fully saturated rings. The van der Waals surface area contributed by atoms with Gasteiger partial charge in [-0.2, -0.15) is 0 Å². The van der Waals surface area contributed by atoms with Gasteiger partial charge in [0.25, 0.3) is 0 Å². The molecule has 2 aromatic rings. The van der Waals surface area contributed by atoms with Crippen molar-refractivity contribution in [2.75, 3.05) is 18.4 Å². The molecule has 0 aromatic carbocycles. The van der Waals surface area contributed by atoms with Gasteiger partial charge in [-0.1, -0.05) is 6.92 Å². The van der Waals surface area contributed by atoms with Crippen LogP contribution in [0.15, 0.2) is 31.0 Å². The summed E-state index contributed by atoms with van der Waals surface area (Å²) in [5, 5.41) is 3.13. The first kappa shape index (κ1) is 16.3. The number of hydrogen-bond donors (Lipinski definition) is 1. The first-order valence-corrected chi connectivity index (χ1v) is 8.36. The molecule has 0 saturated carbocycles. The maximum atomic E-state index is 11.7. The van der Waals surface area contributed by atoms with Gasteiger partial charge in [0.2, 0.25) is 5.91 Å². The number of hydrogen-bond acceptors (Lipinski definition) is 6. The molecule has 1 N–H and O–H groups in total. The minimum absolute atomic E-state index is 0.256. The number of amides is 1. The smallest absolute Gasteiger partial charge is 0.222 e. The number of nitrogens with zero attached hydrogens (tertiary/aromatic N) is 5. The van der Waals surface area contributed by atoms with E-state index in [1.54, 1.807) is 24.9 Å². The Morgan fingerprint density at radius 2 is 2.04 bits per heavy atom. The summed E-state index contributed by atoms with van der Waals surface area (Å²) in [6.45, 7) is 3.63. The van der Waals surface area contributed by atoms with Crippen molar-refractivity contribution in [3.8, 4) is 0 Å². The van der Waals surface area contributed by atoms with Crippen LogP contribution in [0.25, 0.3) is 0 Å². The Balaban J connectivity index is 1.56. The molecule has 24 heavy (non-hydrogen) atoms. The molecule has 0 radical (unpaired) electrons. The third kappa shape index (κ3) is 4.24. The summed E-state index contributed by atoms with van der Waals surface area (Å²) in [5.41, 5.74) is 1.01. The molecular weight excluding hydrogens is 304 g/mol. The van der Waals surface area contributed by atoms with Crippen LogP contribution in [0.5, 0.6) is 0 Å². The molecule has 1 aliphatic heterocycles. The molecule has 1 saturated heterocycles. The number of anilines is 2. The van der Waals surface area contributed by atoms with E-state index in [2.05, 4.69) is 25.3 Å². The average Bonchev–Trinajstić information content (AvgIpc) is 2.63. The molecular formula is C17H22N6O. The van der Waals surface area contributed by atoms with Crippen molar-refractivity contribution in [1.29, 1.82) is 0 Å². The van der Waals surface area contributed by atoms with Crippen LogP contribution in [0, 0.1) is 5.92 Å². The lowest BCUT2D eigenvalue weighted by molar-refractivity contribution is -0.132. The standard InChI is InChI=1S/C17H22N6O/c1-2-17(24)23-7-3-13(4-8-23)9-14-10-15(21-12-20-14)22-16-11-18-5-6-19-16/h5-6,10-13H,2-4,7-9H2,1H3,(H,19,20,21,22). The van der Waals surface area contributed by atoms with Crippen LogP contribution >= 0.6 is 0 Å². The second-order valence-corrected chi connectivity index (χ2v) is 5.99. The predicted molar refractivity (Wildman–Crippen MR) is 90.6 cm³/mol. The van der Waals surface area contributed by atoms with Crippen LogP contribution in [0.3, 0.4) is 0 Å². The van der Waals surface area contributed by atoms with Crippen LogP contribution in [0.4, 0.5) is 11.6 Å². The maximum absolute atomic E-state index is 11.7. The summed E-state index contributed by atoms with van der Waals surface area (Å²) in [6.07, 6.45) is 10.1. The van der Waals surface area contributed by atoms with Crippen LogP contribution in [0.1, 0.15) is 31.9 Å². The normalized spacial score (nSPS) is 15.3. The van der Waals surface area contributed by atoms with Crippen molar-refractivity contribution in [2.45, 2.75) is 32.6 Å². The molecule has 0 bridgehead atoms. The largest absolute Gasteiger partial charge is 0.343 e. The number of piperidine rings is 1. The fourth-order valence-corrected chi connectivity index (χ4v) is 2.98. The summed E-state index contributed by atoms with van der Waals surface area (Å²) in [6, 6.07) is 1.96. The van der Waals surface area contributed by atoms with Gasteiger partial charge in [0.05, 0.1) is 6.20 Å². The first-order valence-electron chi connectivity index (χ1n) is 8.36. The second kappa shape index (κ2) is 7.81. The van der Waals surface area contributed by atoms with Gasteiger partial charge >= 0.3 is 0 Å². The quantitative estimate of drug-likeness (QED) is 0.907. The number of aromatic nitrogens is 4. The van der Waals surface area contributed by atoms with Gasteiger partial charge in [0.15, 0.2) is 0 Å². The average molecular weight is 326 g/mol. The first-order chi connectivity index (χ1) is 11.7. The Morgan fingerprint density at radius 1 is 1.21 bits per heavy atom. The SMILES string of the molecule is CCC(=O)N1CCC(Cc2cc(Nc3cnccn3)ncn2)CC1. The molecule has 0 aliphatic carbocycles. The lowest BCUT2D eigenvalue weighted by Gasteiger charge is -2.31. The number of nitrogens with one attached hydrogen (secondary N) is 1. The van der Waals surface area contributed by atoms with Gasteiger partial charge in [0.1, 0.15) is 18.0 Å². The Bertz CT molecular complexity index is 670. The van der Waals surface area contributed by atoms with E-state index in [1.165, 1.54) is 0 Å². The molecule has 126 valence electrons. The van der Waals surface area contributed by atoms with Gasteiger partial charge < -0.3 is 10.2 Å². The third-order valence-electron chi connectivity index (χ3n) is 4.31. The summed E-state index contributed by atoms with van der Waals surface area (Å²) in [7, 11) is 0. The number of rotatable bonds is 5. The molecule has 3 heterocycles. The second-order valence-electron chi connectivity index (χ2n) is 5.99. The number of carbonyl (C=O) groups excluding carboxylic acids is 1. The van der Waals surface area contributed by atoms with Crippen molar-refractivity contribution in [1.82, 2.24) is 24.8 Å². The molecule has 0 unspecified atom stereocenters. The van der Waals surface area contributed by atoms with E-state index in [0.29, 0.717) is 18.2 Å². The van der Waals surface area contributed by atoms with E-state index >= 15 is 0 Å². The fraction of sp³-hybridized carbons (Fsp3) is 0.471. The fourth-order valence-electron chi connectivity index (χ4n) is 2.98. The van der Waals surface area contributed by atoms with E-state index in [0.717, 1.165) is 43.9 Å². The number of carbonyl (C=O) groups is 1. The zero-order valence-electron chi connectivity index (χ0n) is 13.9. The zero-order chi connectivity index (χ0) is 16.8. The third-order valence-corrected chi connectivity index (χ3v) is 4.31. The molecule has 7 heteroatoms. The van der Waals surface area contributed by atoms with Crippen molar-refractivity contribution in [3.63, 3.8) is 0 Å². The minimum atomic E-state index is 0.256. The molecule has 7 nitrogen and oxygen atoms in total. The summed E-state index contributed by atoms with van der Waals surface area (Å²) >= 11 is 0. The molecule has 2 aromatic heterocycles. The van der Waals surface area contributed by atoms with E-state index in [4.69, 9.17) is 0 Å². The van der Waals surface area contributed by atoms with Crippen LogP contribution < -0.4 is 5.32 Å². The summed E-state index contributed by atoms with van der Waals surface area (Å²) in [4.78, 5) is 30.5. The van der Waals surface area contributed by atoms with Gasteiger partial charge in [-0.05, 0) is 25.2 Å². The van der Waals surface area contributed by atoms with Crippen molar-refractivity contribution < 1.29 is 4.79 Å². The maximum Gasteiger partial charge on any atom is 0.222 e. The molecule has 0 spiro atoms. The monoisotopic (exact) mass is 326 g/mol. The highest BCUT2D eigenvalue weighted by molar-refractivity contribution is 5.75. The molecule has 1 aliphatic rings. The Morgan fingerprint density at radius 3 is 2.75 bits per heavy atom. The highest BCUT2D eigenvalue weighted by Crippen LogP contribution is 2.22. The van der Waals surface area contributed by atoms with Crippen LogP contribution in [-0.4, -0.2) is 43.8 Å². The highest BCUT2D eigenvalue weighted by atomic mass is 16.2. The van der Waals surface area contributed by atoms with Crippen LogP contribution in [-0.2, 0) is 11.2 Å². The zero-order valence-corrected chi connectivity index (χ0v) is 13.9. The minimum Gasteiger partial charge on any atom is -0.343 e. The van der Waals surface area contributed by atoms with E-state index < -0.39 is 0 Å². The number of likely N-dealkylation sites (tertiary alicyclic amines) is 1. The Hall–Kier alpha value is -2.57. The lowest BCUT2D eigenvalue weighted by Crippen LogP contribution is -2.38. The van der Waals surface area contributed by atoms with E-state index in [1.807, 2.05) is 17.9 Å². The molecule has 0 atom stereocenters. The van der Waals surface area contributed by atoms with Crippen molar-refractivity contribution in [3.05, 3.63) is 36.7 Å². The topological polar surface area (TPSA) is 83.9 Å². The lowest BCUT2D eigenvalue weighted by atomic mass is 9.92. The summed E-state index contributed by atoms with van der Waals surface area (Å²) < 4.78 is 0. The van der Waals surface area contributed by atoms with Crippen LogP contribution in [0.2, 0.25) is 0 Å². The Kier molecular flexibility index (Phi) is 5.30. The highest BCUT2D eigenvalue weighted by Gasteiger charge is 2.22. The Labute approximate surface area is 141 Å². The van der Waals surface area contributed by atoms with Crippen molar-refractivity contribution in [2.24, 2.45) is 5.92 Å². The van der Waals surface area contributed by atoms with E-state index in [9.17, 15) is 4.79 Å².